The molecule has 68 valence electrons. The fourth-order valence-electron chi connectivity index (χ4n) is 0.534. The van der Waals surface area contributed by atoms with Crippen molar-refractivity contribution >= 4 is 23.0 Å². The van der Waals surface area contributed by atoms with Crippen LogP contribution >= 0.6 is 11.8 Å². The van der Waals surface area contributed by atoms with Crippen LogP contribution in [0.2, 0.25) is 0 Å². The fourth-order valence-corrected chi connectivity index (χ4v) is 0.534. The van der Waals surface area contributed by atoms with E-state index in [0.29, 0.717) is 0 Å². The molecule has 5 heteroatoms. The third-order valence-electron chi connectivity index (χ3n) is 1.00. The third-order valence-corrected chi connectivity index (χ3v) is 1.51. The highest BCUT2D eigenvalue weighted by Gasteiger charge is 1.72. The summed E-state index contributed by atoms with van der Waals surface area (Å²) in [6.45, 7) is 2.08. The number of hydrogen-bond acceptors (Lipinski definition) is 2. The number of aryl methyl sites for hydroxylation is 1. The molecule has 0 saturated heterocycles. The van der Waals surface area contributed by atoms with E-state index >= 15 is 0 Å². The lowest BCUT2D eigenvalue weighted by atomic mass is 10.2. The Morgan fingerprint density at radius 2 is 1.83 bits per heavy atom. The molecule has 3 nitrogen and oxygen atoms in total. The summed E-state index contributed by atoms with van der Waals surface area (Å²) in [5.74, 6) is 0. The summed E-state index contributed by atoms with van der Waals surface area (Å²) in [5, 5.41) is 0. The fraction of sp³-hybridized carbons (Fsp3) is 0.143. The average molecular weight is 207 g/mol. The van der Waals surface area contributed by atoms with Gasteiger partial charge in [-0.15, -0.1) is 0 Å². The molecule has 12 heavy (non-hydrogen) atoms. The molecule has 0 spiro atoms. The van der Waals surface area contributed by atoms with Crippen LogP contribution in [-0.4, -0.2) is 8.76 Å². The Hall–Kier alpha value is -0.420. The lowest BCUT2D eigenvalue weighted by molar-refractivity contribution is 0.534. The zero-order valence-electron chi connectivity index (χ0n) is 6.49. The van der Waals surface area contributed by atoms with Crippen LogP contribution in [0.1, 0.15) is 5.56 Å². The van der Waals surface area contributed by atoms with Gasteiger partial charge in [0.05, 0.1) is 0 Å². The van der Waals surface area contributed by atoms with E-state index in [9.17, 15) is 0 Å². The van der Waals surface area contributed by atoms with Crippen molar-refractivity contribution in [3.05, 3.63) is 35.9 Å². The Morgan fingerprint density at radius 1 is 1.42 bits per heavy atom. The summed E-state index contributed by atoms with van der Waals surface area (Å²) in [5.41, 5.74) is 1.32. The topological polar surface area (TPSA) is 52.2 Å². The Morgan fingerprint density at radius 3 is 2.00 bits per heavy atom. The highest BCUT2D eigenvalue weighted by atomic mass is 35.5. The lowest BCUT2D eigenvalue weighted by Gasteiger charge is -1.93. The van der Waals surface area contributed by atoms with Crippen LogP contribution in [0, 0.1) is 6.92 Å². The molecule has 0 radical (unpaired) electrons. The highest BCUT2D eigenvalue weighted by Crippen LogP contribution is 1.92. The van der Waals surface area contributed by atoms with Crippen LogP contribution < -0.4 is 4.24 Å². The first kappa shape index (κ1) is 11.6. The largest absolute Gasteiger partial charge is 0.759 e. The van der Waals surface area contributed by atoms with Gasteiger partial charge in [-0.1, -0.05) is 35.9 Å². The summed E-state index contributed by atoms with van der Waals surface area (Å²) in [4.78, 5) is 0. The normalized spacial score (nSPS) is 11.2. The monoisotopic (exact) mass is 206 g/mol. The molecular weight excluding hydrogens is 198 g/mol. The van der Waals surface area contributed by atoms with Gasteiger partial charge in [0.2, 0.25) is 0 Å². The summed E-state index contributed by atoms with van der Waals surface area (Å²) >= 11 is 2.17. The summed E-state index contributed by atoms with van der Waals surface area (Å²) in [7, 11) is 0. The molecule has 0 aromatic heterocycles. The Bertz CT molecular complexity index is 230. The number of benzene rings is 1. The molecule has 0 heterocycles. The van der Waals surface area contributed by atoms with Crippen molar-refractivity contribution in [1.29, 1.82) is 0 Å². The number of rotatable bonds is 1. The van der Waals surface area contributed by atoms with E-state index in [2.05, 4.69) is 30.8 Å². The molecule has 1 aromatic rings. The van der Waals surface area contributed by atoms with Gasteiger partial charge in [0.25, 0.3) is 0 Å². The van der Waals surface area contributed by atoms with Crippen molar-refractivity contribution in [3.8, 4) is 0 Å². The molecule has 0 bridgehead atoms. The molecule has 0 fully saturated rings. The van der Waals surface area contributed by atoms with Crippen molar-refractivity contribution in [2.24, 2.45) is 0 Å². The van der Waals surface area contributed by atoms with Crippen LogP contribution in [0.4, 0.5) is 0 Å². The molecule has 1 aromatic carbocycles. The number of hydrogen-bond donors (Lipinski definition) is 1. The van der Waals surface area contributed by atoms with Gasteiger partial charge in [-0.2, -0.15) is 4.24 Å². The first-order valence-corrected chi connectivity index (χ1v) is 4.59. The van der Waals surface area contributed by atoms with Crippen molar-refractivity contribution in [2.45, 2.75) is 6.92 Å². The van der Waals surface area contributed by atoms with E-state index in [1.54, 1.807) is 0 Å². The molecule has 1 rings (SSSR count). The van der Waals surface area contributed by atoms with Crippen LogP contribution in [0.25, 0.3) is 0 Å². The Labute approximate surface area is 79.3 Å². The summed E-state index contributed by atoms with van der Waals surface area (Å²) < 4.78 is 19.7. The quantitative estimate of drug-likeness (QED) is 0.560. The second-order valence-electron chi connectivity index (χ2n) is 1.97. The van der Waals surface area contributed by atoms with Gasteiger partial charge in [-0.25, -0.2) is 0 Å². The highest BCUT2D eigenvalue weighted by molar-refractivity contribution is 7.78. The molecule has 0 amide bonds. The second-order valence-corrected chi connectivity index (χ2v) is 3.05. The van der Waals surface area contributed by atoms with Gasteiger partial charge < -0.3 is 4.55 Å². The average Bonchev–Trinajstić information content (AvgIpc) is 2.07. The van der Waals surface area contributed by atoms with Crippen molar-refractivity contribution in [2.75, 3.05) is 0 Å². The Balaban J connectivity index is 0.000000217. The predicted octanol–water partition coefficient (Wildman–Crippen LogP) is 1.52. The van der Waals surface area contributed by atoms with Crippen LogP contribution in [0.3, 0.4) is 0 Å². The van der Waals surface area contributed by atoms with Crippen molar-refractivity contribution < 1.29 is 8.76 Å². The van der Waals surface area contributed by atoms with Crippen LogP contribution in [0.5, 0.6) is 0 Å². The molecule has 0 aliphatic carbocycles. The minimum atomic E-state index is -2.31. The third kappa shape index (κ3) is 7.68. The molecular formula is C7H9ClNO2S-. The maximum Gasteiger partial charge on any atom is 0.0329 e. The standard InChI is InChI=1S/C7H8.ClH2NO2S/c1-7-5-3-2-4-6-7;1-2-5(3)4/h2-6H,1H3;2H,(H,3,4)/p-1. The first-order chi connectivity index (χ1) is 5.66. The SMILES string of the molecule is Cc1ccccc1.O=S([O-])NCl. The van der Waals surface area contributed by atoms with Gasteiger partial charge in [0, 0.05) is 11.3 Å². The van der Waals surface area contributed by atoms with Crippen molar-refractivity contribution in [1.82, 2.24) is 4.24 Å². The van der Waals surface area contributed by atoms with Gasteiger partial charge in [-0.3, -0.25) is 4.21 Å². The molecule has 0 aliphatic heterocycles. The van der Waals surface area contributed by atoms with Crippen LogP contribution in [0.15, 0.2) is 30.3 Å². The molecule has 0 aliphatic rings. The molecule has 1 N–H and O–H groups in total. The predicted molar refractivity (Wildman–Crippen MR) is 49.1 cm³/mol. The second kappa shape index (κ2) is 7.24. The van der Waals surface area contributed by atoms with E-state index in [1.165, 1.54) is 9.80 Å². The van der Waals surface area contributed by atoms with E-state index in [-0.39, 0.29) is 0 Å². The zero-order valence-corrected chi connectivity index (χ0v) is 8.06. The smallest absolute Gasteiger partial charge is 0.0329 e. The summed E-state index contributed by atoms with van der Waals surface area (Å²) in [6.07, 6.45) is 0. The molecule has 0 saturated carbocycles. The lowest BCUT2D eigenvalue weighted by Crippen LogP contribution is -2.00. The van der Waals surface area contributed by atoms with E-state index in [4.69, 9.17) is 8.76 Å². The van der Waals surface area contributed by atoms with Crippen LogP contribution in [-0.2, 0) is 11.3 Å². The zero-order chi connectivity index (χ0) is 9.40. The maximum atomic E-state index is 9.12. The van der Waals surface area contributed by atoms with Gasteiger partial charge in [0.15, 0.2) is 0 Å². The van der Waals surface area contributed by atoms with E-state index in [0.717, 1.165) is 0 Å². The number of nitrogens with one attached hydrogen (secondary N) is 1. The van der Waals surface area contributed by atoms with Gasteiger partial charge in [0.1, 0.15) is 0 Å². The minimum Gasteiger partial charge on any atom is -0.759 e. The minimum absolute atomic E-state index is 1.32. The van der Waals surface area contributed by atoms with E-state index in [1.807, 2.05) is 18.2 Å². The maximum absolute atomic E-state index is 9.12. The Kier molecular flexibility index (Phi) is 6.99. The van der Waals surface area contributed by atoms with Crippen molar-refractivity contribution in [3.63, 3.8) is 0 Å². The number of halogens is 1. The van der Waals surface area contributed by atoms with E-state index < -0.39 is 11.3 Å². The van der Waals surface area contributed by atoms with Gasteiger partial charge >= 0.3 is 0 Å². The van der Waals surface area contributed by atoms with Gasteiger partial charge in [-0.05, 0) is 18.7 Å². The first-order valence-electron chi connectivity index (χ1n) is 3.14. The molecule has 1 unspecified atom stereocenters. The molecule has 1 atom stereocenters. The summed E-state index contributed by atoms with van der Waals surface area (Å²) in [6, 6.07) is 10.3.